The minimum absolute atomic E-state index is 0.00419. The number of carboxylic acids is 1. The molecule has 0 unspecified atom stereocenters. The summed E-state index contributed by atoms with van der Waals surface area (Å²) in [6.45, 7) is 9.34. The number of hydrogen-bond acceptors (Lipinski definition) is 3. The van der Waals surface area contributed by atoms with Crippen LogP contribution in [0, 0.1) is 29.1 Å². The van der Waals surface area contributed by atoms with Gasteiger partial charge in [-0.25, -0.2) is 0 Å². The first kappa shape index (κ1) is 19.0. The zero-order chi connectivity index (χ0) is 17.9. The SMILES string of the molecule is C=CCCC[C@@H]1[C@@H]2CC[C@@H](C2)[C@@H]1OC(=O)C[C@H](C(=O)O)C(C)(C)C. The van der Waals surface area contributed by atoms with Gasteiger partial charge in [0.05, 0.1) is 12.3 Å². The summed E-state index contributed by atoms with van der Waals surface area (Å²) >= 11 is 0. The van der Waals surface area contributed by atoms with Gasteiger partial charge < -0.3 is 9.84 Å². The monoisotopic (exact) mass is 336 g/mol. The quantitative estimate of drug-likeness (QED) is 0.404. The van der Waals surface area contributed by atoms with Gasteiger partial charge in [-0.1, -0.05) is 26.8 Å². The molecule has 0 aromatic heterocycles. The molecule has 0 aromatic carbocycles. The Morgan fingerprint density at radius 2 is 1.96 bits per heavy atom. The van der Waals surface area contributed by atoms with E-state index in [1.54, 1.807) is 0 Å². The molecule has 0 saturated heterocycles. The van der Waals surface area contributed by atoms with Crippen molar-refractivity contribution in [3.8, 4) is 0 Å². The summed E-state index contributed by atoms with van der Waals surface area (Å²) in [5, 5.41) is 9.40. The van der Waals surface area contributed by atoms with Crippen LogP contribution in [0.1, 0.15) is 65.7 Å². The van der Waals surface area contributed by atoms with Gasteiger partial charge in [-0.2, -0.15) is 0 Å². The highest BCUT2D eigenvalue weighted by molar-refractivity contribution is 5.79. The predicted molar refractivity (Wildman–Crippen MR) is 93.4 cm³/mol. The zero-order valence-electron chi connectivity index (χ0n) is 15.3. The molecule has 2 aliphatic carbocycles. The molecule has 2 fully saturated rings. The van der Waals surface area contributed by atoms with Crippen molar-refractivity contribution in [1.82, 2.24) is 0 Å². The van der Waals surface area contributed by atoms with E-state index in [4.69, 9.17) is 4.74 Å². The van der Waals surface area contributed by atoms with E-state index in [9.17, 15) is 14.7 Å². The Bertz CT molecular complexity index is 477. The first-order valence-electron chi connectivity index (χ1n) is 9.27. The Hall–Kier alpha value is -1.32. The van der Waals surface area contributed by atoms with Crippen LogP contribution in [0.2, 0.25) is 0 Å². The molecule has 1 N–H and O–H groups in total. The summed E-state index contributed by atoms with van der Waals surface area (Å²) < 4.78 is 5.84. The molecule has 2 bridgehead atoms. The predicted octanol–water partition coefficient (Wildman–Crippen LogP) is 4.44. The molecule has 4 heteroatoms. The van der Waals surface area contributed by atoms with Crippen LogP contribution in [0.4, 0.5) is 0 Å². The first-order valence-corrected chi connectivity index (χ1v) is 9.27. The van der Waals surface area contributed by atoms with Crippen molar-refractivity contribution >= 4 is 11.9 Å². The highest BCUT2D eigenvalue weighted by atomic mass is 16.5. The summed E-state index contributed by atoms with van der Waals surface area (Å²) in [7, 11) is 0. The summed E-state index contributed by atoms with van der Waals surface area (Å²) in [6.07, 6.45) is 8.62. The van der Waals surface area contributed by atoms with Crippen LogP contribution in [0.3, 0.4) is 0 Å². The molecule has 0 heterocycles. The lowest BCUT2D eigenvalue weighted by atomic mass is 9.78. The van der Waals surface area contributed by atoms with Gasteiger partial charge in [-0.05, 0) is 61.7 Å². The molecule has 0 radical (unpaired) electrons. The fraction of sp³-hybridized carbons (Fsp3) is 0.800. The van der Waals surface area contributed by atoms with Gasteiger partial charge >= 0.3 is 11.9 Å². The van der Waals surface area contributed by atoms with Crippen molar-refractivity contribution in [2.24, 2.45) is 29.1 Å². The van der Waals surface area contributed by atoms with E-state index in [1.165, 1.54) is 12.8 Å². The third-order valence-corrected chi connectivity index (χ3v) is 5.93. The average Bonchev–Trinajstić information content (AvgIpc) is 3.06. The number of carbonyl (C=O) groups excluding carboxylic acids is 1. The second-order valence-corrected chi connectivity index (χ2v) is 8.63. The van der Waals surface area contributed by atoms with E-state index in [2.05, 4.69) is 6.58 Å². The first-order chi connectivity index (χ1) is 11.2. The number of esters is 1. The number of carboxylic acid groups (broad SMARTS) is 1. The summed E-state index contributed by atoms with van der Waals surface area (Å²) in [4.78, 5) is 23.9. The number of carbonyl (C=O) groups is 2. The smallest absolute Gasteiger partial charge is 0.307 e. The van der Waals surface area contributed by atoms with Crippen molar-refractivity contribution in [3.05, 3.63) is 12.7 Å². The lowest BCUT2D eigenvalue weighted by Gasteiger charge is -2.32. The van der Waals surface area contributed by atoms with E-state index in [1.807, 2.05) is 26.8 Å². The maximum atomic E-state index is 12.4. The lowest BCUT2D eigenvalue weighted by Crippen LogP contribution is -2.36. The molecule has 2 aliphatic rings. The highest BCUT2D eigenvalue weighted by Gasteiger charge is 2.49. The maximum Gasteiger partial charge on any atom is 0.307 e. The Balaban J connectivity index is 1.96. The molecular formula is C20H32O4. The summed E-state index contributed by atoms with van der Waals surface area (Å²) in [5.41, 5.74) is -0.455. The third kappa shape index (κ3) is 4.40. The van der Waals surface area contributed by atoms with Crippen LogP contribution in [0.25, 0.3) is 0 Å². The van der Waals surface area contributed by atoms with Crippen molar-refractivity contribution < 1.29 is 19.4 Å². The Morgan fingerprint density at radius 3 is 2.54 bits per heavy atom. The zero-order valence-corrected chi connectivity index (χ0v) is 15.3. The topological polar surface area (TPSA) is 63.6 Å². The van der Waals surface area contributed by atoms with E-state index >= 15 is 0 Å². The summed E-state index contributed by atoms with van der Waals surface area (Å²) in [5.74, 6) is -0.368. The van der Waals surface area contributed by atoms with E-state index in [-0.39, 0.29) is 18.5 Å². The van der Waals surface area contributed by atoms with Crippen LogP contribution >= 0.6 is 0 Å². The number of aliphatic carboxylic acids is 1. The van der Waals surface area contributed by atoms with Gasteiger partial charge in [0, 0.05) is 0 Å². The number of unbranched alkanes of at least 4 members (excludes halogenated alkanes) is 1. The largest absolute Gasteiger partial charge is 0.481 e. The second kappa shape index (κ2) is 7.71. The molecule has 2 rings (SSSR count). The molecule has 4 nitrogen and oxygen atoms in total. The molecule has 2 saturated carbocycles. The average molecular weight is 336 g/mol. The Morgan fingerprint density at radius 1 is 1.29 bits per heavy atom. The van der Waals surface area contributed by atoms with E-state index < -0.39 is 17.3 Å². The van der Waals surface area contributed by atoms with Gasteiger partial charge in [0.2, 0.25) is 0 Å². The fourth-order valence-corrected chi connectivity index (χ4v) is 4.57. The number of fused-ring (bicyclic) bond motifs is 2. The Labute approximate surface area is 145 Å². The summed E-state index contributed by atoms with van der Waals surface area (Å²) in [6, 6.07) is 0. The van der Waals surface area contributed by atoms with Crippen LogP contribution < -0.4 is 0 Å². The normalized spacial score (nSPS) is 30.1. The highest BCUT2D eigenvalue weighted by Crippen LogP contribution is 2.51. The van der Waals surface area contributed by atoms with E-state index in [0.717, 1.165) is 25.7 Å². The van der Waals surface area contributed by atoms with Crippen molar-refractivity contribution in [2.45, 2.75) is 71.8 Å². The van der Waals surface area contributed by atoms with Crippen molar-refractivity contribution in [1.29, 1.82) is 0 Å². The molecule has 136 valence electrons. The lowest BCUT2D eigenvalue weighted by molar-refractivity contribution is -0.162. The second-order valence-electron chi connectivity index (χ2n) is 8.63. The molecule has 0 aromatic rings. The van der Waals surface area contributed by atoms with Gasteiger partial charge in [0.15, 0.2) is 0 Å². The van der Waals surface area contributed by atoms with Crippen LogP contribution in [-0.4, -0.2) is 23.1 Å². The van der Waals surface area contributed by atoms with Crippen molar-refractivity contribution in [3.63, 3.8) is 0 Å². The standard InChI is InChI=1S/C20H32O4/c1-5-6-7-8-15-13-9-10-14(11-13)18(15)24-17(21)12-16(19(22)23)20(2,3)4/h5,13-16,18H,1,6-12H2,2-4H3,(H,22,23)/t13-,14+,15-,16-,18+/m1/s1. The molecule has 0 aliphatic heterocycles. The van der Waals surface area contributed by atoms with Crippen molar-refractivity contribution in [2.75, 3.05) is 0 Å². The Kier molecular flexibility index (Phi) is 6.11. The van der Waals surface area contributed by atoms with Gasteiger partial charge in [-0.3, -0.25) is 9.59 Å². The molecule has 5 atom stereocenters. The van der Waals surface area contributed by atoms with Crippen LogP contribution in [-0.2, 0) is 14.3 Å². The maximum absolute atomic E-state index is 12.4. The molecule has 0 amide bonds. The molecule has 24 heavy (non-hydrogen) atoms. The van der Waals surface area contributed by atoms with Gasteiger partial charge in [0.25, 0.3) is 0 Å². The number of rotatable bonds is 8. The van der Waals surface area contributed by atoms with E-state index in [0.29, 0.717) is 17.8 Å². The van der Waals surface area contributed by atoms with Crippen LogP contribution in [0.5, 0.6) is 0 Å². The number of allylic oxidation sites excluding steroid dienone is 1. The fourth-order valence-electron chi connectivity index (χ4n) is 4.57. The minimum Gasteiger partial charge on any atom is -0.481 e. The number of hydrogen-bond donors (Lipinski definition) is 1. The van der Waals surface area contributed by atoms with Gasteiger partial charge in [-0.15, -0.1) is 6.58 Å². The third-order valence-electron chi connectivity index (χ3n) is 5.93. The van der Waals surface area contributed by atoms with Crippen LogP contribution in [0.15, 0.2) is 12.7 Å². The van der Waals surface area contributed by atoms with Gasteiger partial charge in [0.1, 0.15) is 6.10 Å². The number of ether oxygens (including phenoxy) is 1. The molecule has 0 spiro atoms. The minimum atomic E-state index is -0.921. The molecular weight excluding hydrogens is 304 g/mol.